The van der Waals surface area contributed by atoms with Crippen LogP contribution in [0, 0.1) is 52.7 Å². The lowest BCUT2D eigenvalue weighted by Crippen LogP contribution is -2.48. The Balaban J connectivity index is 0.000000153. The Hall–Kier alpha value is -10.3. The minimum absolute atomic E-state index is 0. The zero-order valence-corrected chi connectivity index (χ0v) is 65.8. The fraction of sp³-hybridized carbons (Fsp3) is 0.452. The molecule has 1 unspecified atom stereocenters. The molecule has 6 fully saturated rings. The zero-order valence-electron chi connectivity index (χ0n) is 65.8. The van der Waals surface area contributed by atoms with Gasteiger partial charge in [-0.25, -0.2) is 26.3 Å². The number of nitrogens with one attached hydrogen (secondary N) is 2. The number of aliphatic hydroxyl groups is 3. The first-order valence-corrected chi connectivity index (χ1v) is 41.1. The van der Waals surface area contributed by atoms with Crippen molar-refractivity contribution in [3.8, 4) is 34.5 Å². The summed E-state index contributed by atoms with van der Waals surface area (Å²) in [7, 11) is 0. The van der Waals surface area contributed by atoms with Gasteiger partial charge in [0, 0.05) is 82.0 Å². The highest BCUT2D eigenvalue weighted by atomic mass is 19.1. The number of amides is 2. The number of halogens is 6. The number of carbonyl (C=O) groups excluding carboxylic acids is 2. The van der Waals surface area contributed by atoms with E-state index in [0.717, 1.165) is 134 Å². The van der Waals surface area contributed by atoms with Crippen LogP contribution in [-0.2, 0) is 14.4 Å². The zero-order chi connectivity index (χ0) is 82.1. The maximum absolute atomic E-state index is 14.8. The second-order valence-corrected chi connectivity index (χ2v) is 32.0. The number of fused-ring (bicyclic) bond motifs is 6. The van der Waals surface area contributed by atoms with Crippen molar-refractivity contribution in [2.75, 3.05) is 153 Å². The van der Waals surface area contributed by atoms with E-state index in [4.69, 9.17) is 39.3 Å². The van der Waals surface area contributed by atoms with E-state index < -0.39 is 59.9 Å². The fourth-order valence-electron chi connectivity index (χ4n) is 17.3. The van der Waals surface area contributed by atoms with E-state index in [-0.39, 0.29) is 111 Å². The van der Waals surface area contributed by atoms with Crippen molar-refractivity contribution in [1.82, 2.24) is 25.3 Å². The van der Waals surface area contributed by atoms with Crippen LogP contribution in [0.1, 0.15) is 115 Å². The fourth-order valence-corrected chi connectivity index (χ4v) is 17.3. The van der Waals surface area contributed by atoms with Crippen LogP contribution in [-0.4, -0.2) is 209 Å². The molecule has 9 heterocycles. The maximum Gasteiger partial charge on any atom is 0.308 e. The van der Waals surface area contributed by atoms with Crippen molar-refractivity contribution in [3.05, 3.63) is 197 Å². The Morgan fingerprint density at radius 3 is 0.992 bits per heavy atom. The molecule has 9 atom stereocenters. The Labute approximate surface area is 703 Å². The van der Waals surface area contributed by atoms with Gasteiger partial charge in [-0.15, -0.1) is 0 Å². The molecule has 9 aromatic rings. The first kappa shape index (κ1) is 89.9. The average molecular weight is 1680 g/mol. The van der Waals surface area contributed by atoms with Gasteiger partial charge in [-0.3, -0.25) is 14.4 Å². The number of ether oxygens (including phenoxy) is 6. The van der Waals surface area contributed by atoms with Crippen molar-refractivity contribution in [1.29, 1.82) is 0 Å². The summed E-state index contributed by atoms with van der Waals surface area (Å²) in [4.78, 5) is 51.0. The summed E-state index contributed by atoms with van der Waals surface area (Å²) in [5.74, 6) is -3.13. The van der Waals surface area contributed by atoms with Gasteiger partial charge in [-0.1, -0.05) is 58.7 Å². The molecule has 0 aliphatic carbocycles. The van der Waals surface area contributed by atoms with Crippen LogP contribution in [0.25, 0.3) is 32.3 Å². The molecule has 9 aliphatic heterocycles. The molecule has 0 aromatic heterocycles. The van der Waals surface area contributed by atoms with E-state index in [2.05, 4.69) is 40.0 Å². The van der Waals surface area contributed by atoms with Crippen molar-refractivity contribution < 1.29 is 89.6 Å². The summed E-state index contributed by atoms with van der Waals surface area (Å²) in [5, 5.41) is 53.7. The van der Waals surface area contributed by atoms with E-state index in [9.17, 15) is 56.0 Å². The third-order valence-electron chi connectivity index (χ3n) is 23.8. The van der Waals surface area contributed by atoms with Crippen LogP contribution in [0.5, 0.6) is 34.5 Å². The van der Waals surface area contributed by atoms with Gasteiger partial charge in [0.2, 0.25) is 11.8 Å². The van der Waals surface area contributed by atoms with E-state index in [1.165, 1.54) is 67.4 Å². The molecule has 0 radical (unpaired) electrons. The second-order valence-electron chi connectivity index (χ2n) is 32.0. The topological polar surface area (TPSA) is 257 Å². The van der Waals surface area contributed by atoms with E-state index in [1.54, 1.807) is 36.4 Å². The minimum Gasteiger partial charge on any atom is -0.486 e. The lowest BCUT2D eigenvalue weighted by molar-refractivity contribution is -0.141. The van der Waals surface area contributed by atoms with Crippen LogP contribution in [0.3, 0.4) is 0 Å². The van der Waals surface area contributed by atoms with Gasteiger partial charge in [0.1, 0.15) is 69.3 Å². The van der Waals surface area contributed by atoms with Crippen molar-refractivity contribution in [2.24, 2.45) is 23.5 Å². The number of carbonyl (C=O) groups is 3. The summed E-state index contributed by atoms with van der Waals surface area (Å²) in [6.07, 6.45) is 5.53. The van der Waals surface area contributed by atoms with Gasteiger partial charge < -0.3 is 94.6 Å². The van der Waals surface area contributed by atoms with Crippen molar-refractivity contribution >= 4 is 67.2 Å². The first-order valence-electron chi connectivity index (χ1n) is 41.1. The largest absolute Gasteiger partial charge is 0.486 e. The smallest absolute Gasteiger partial charge is 0.308 e. The number of benzene rings is 9. The van der Waals surface area contributed by atoms with Crippen LogP contribution < -0.4 is 59.5 Å². The van der Waals surface area contributed by atoms with Crippen molar-refractivity contribution in [3.63, 3.8) is 0 Å². The van der Waals surface area contributed by atoms with E-state index in [0.29, 0.717) is 107 Å². The molecule has 0 bridgehead atoms. The van der Waals surface area contributed by atoms with Gasteiger partial charge in [-0.2, -0.15) is 0 Å². The third kappa shape index (κ3) is 21.9. The minimum atomic E-state index is -1.11. The van der Waals surface area contributed by atoms with Crippen LogP contribution in [0.15, 0.2) is 146 Å². The number of rotatable bonds is 20. The summed E-state index contributed by atoms with van der Waals surface area (Å²) < 4.78 is 116. The number of nitrogens with zero attached hydrogens (tertiary/aromatic N) is 6. The molecule has 2 amide bonds. The monoisotopic (exact) mass is 1680 g/mol. The Kier molecular flexibility index (Phi) is 30.5. The standard InChI is InChI=1S/2C30H33F2N3O4.C15H21FN2O3.C15H14FNO2.3CH4/c2*31-23-5-3-20-14-24(6-4-19(20)13-23)35-10-7-21(17-35)30(37)33-26(18-34-8-1-2-9-34)28(36)22-15-25(32)29-27(16-22)38-11-12-39-29;16-11-7-10(8-13-15(11)21-6-5-20-13)14(19)12(17)9-18-3-1-2-4-18;16-13-3-1-11-8-14(4-2-10(11)7-13)17-6-5-12(9-17)15(18)19;;;/h2*3-6,13-16,21,26,28,36H,1-2,7-12,17-18H2,(H,33,37);7-8,12,14,19H,1-6,9,17H2;1-4,7-8,12H,5-6,9H2,(H,18,19);3*1H4/t21-,26+,28+;21-,26-,28-;12-,14-;;;;/m011..../s1. The summed E-state index contributed by atoms with van der Waals surface area (Å²) in [6, 6.07) is 38.7. The molecular formula is C93H113F6N9O13. The Morgan fingerprint density at radius 2 is 0.661 bits per heavy atom. The number of carboxylic acids is 1. The summed E-state index contributed by atoms with van der Waals surface area (Å²) in [6.45, 7) is 12.9. The molecule has 28 heteroatoms. The first-order chi connectivity index (χ1) is 57.2. The summed E-state index contributed by atoms with van der Waals surface area (Å²) in [5.41, 5.74) is 10.2. The molecule has 6 saturated heterocycles. The number of hydrogen-bond donors (Lipinski definition) is 7. The number of likely N-dealkylation sites (tertiary alicyclic amines) is 3. The average Bonchev–Trinajstić information content (AvgIpc) is 1.79. The molecule has 8 N–H and O–H groups in total. The van der Waals surface area contributed by atoms with Gasteiger partial charge >= 0.3 is 5.97 Å². The lowest BCUT2D eigenvalue weighted by atomic mass is 9.99. The predicted molar refractivity (Wildman–Crippen MR) is 456 cm³/mol. The molecule has 9 aliphatic rings. The SMILES string of the molecule is C.C.C.N[C@H](CN1CCCC1)[C@H](O)c1cc(F)c2c(c1)OCCO2.O=C(N[C@H](CN1CCCC1)[C@H](O)c1cc(F)c2c(c1)OCCO2)[C@@H]1CCN(c2ccc3cc(F)ccc3c2)C1.O=C(N[C@H](CN1CCCC1)[C@H](O)c1cc(F)c2c(c1)OCCO2)[C@H]1CCN(c2ccc3cc(F)ccc3c2)C1.O=C(O)C1CCN(c2ccc3cc(F)ccc3c2)C1. The number of carboxylic acid groups (broad SMARTS) is 1. The van der Waals surface area contributed by atoms with Gasteiger partial charge in [0.15, 0.2) is 51.9 Å². The molecule has 121 heavy (non-hydrogen) atoms. The number of hydrogen-bond acceptors (Lipinski definition) is 19. The Morgan fingerprint density at radius 1 is 0.372 bits per heavy atom. The number of aliphatic carboxylic acids is 1. The highest BCUT2D eigenvalue weighted by Gasteiger charge is 2.38. The molecule has 18 rings (SSSR count). The molecule has 0 spiro atoms. The predicted octanol–water partition coefficient (Wildman–Crippen LogP) is 13.9. The highest BCUT2D eigenvalue weighted by molar-refractivity contribution is 5.89. The highest BCUT2D eigenvalue weighted by Crippen LogP contribution is 2.41. The quantitative estimate of drug-likeness (QED) is 0.0350. The number of aliphatic hydroxyl groups excluding tert-OH is 3. The van der Waals surface area contributed by atoms with Crippen molar-refractivity contribution in [2.45, 2.75) is 117 Å². The van der Waals surface area contributed by atoms with Crippen LogP contribution >= 0.6 is 0 Å². The normalized spacial score (nSPS) is 20.1. The second kappa shape index (κ2) is 41.0. The van der Waals surface area contributed by atoms with E-state index in [1.807, 2.05) is 54.6 Å². The lowest BCUT2D eigenvalue weighted by Gasteiger charge is -2.30. The van der Waals surface area contributed by atoms with Gasteiger partial charge in [0.05, 0.1) is 35.9 Å². The Bertz CT molecular complexity index is 4850. The van der Waals surface area contributed by atoms with Crippen LogP contribution in [0.2, 0.25) is 0 Å². The third-order valence-corrected chi connectivity index (χ3v) is 23.8. The van der Waals surface area contributed by atoms with Gasteiger partial charge in [0.25, 0.3) is 0 Å². The van der Waals surface area contributed by atoms with E-state index >= 15 is 0 Å². The molecule has 0 saturated carbocycles. The van der Waals surface area contributed by atoms with Gasteiger partial charge in [-0.05, 0) is 255 Å². The molecular weight excluding hydrogens is 1570 g/mol. The number of anilines is 3. The molecule has 22 nitrogen and oxygen atoms in total. The number of nitrogens with two attached hydrogens (primary N) is 1. The molecule has 9 aromatic carbocycles. The summed E-state index contributed by atoms with van der Waals surface area (Å²) >= 11 is 0. The maximum atomic E-state index is 14.8. The van der Waals surface area contributed by atoms with Crippen LogP contribution in [0.4, 0.5) is 43.4 Å². The molecule has 650 valence electrons.